The Kier molecular flexibility index (Phi) is 3.75. The molecule has 0 aromatic heterocycles. The number of nitrogens with zero attached hydrogens (tertiary/aromatic N) is 1. The smallest absolute Gasteiger partial charge is 0.258 e. The van der Waals surface area contributed by atoms with Crippen molar-refractivity contribution in [3.8, 4) is 0 Å². The standard InChI is InChI=1S/C18H16ClNO2/c1-11-3-5-14(12(2)9-11)18(22)20-8-7-17(21)15-6-4-13(19)10-16(15)20/h3-6,9-10H,7-8H2,1-2H3. The average molecular weight is 314 g/mol. The topological polar surface area (TPSA) is 37.4 Å². The SMILES string of the molecule is Cc1ccc(C(=O)N2CCC(=O)c3ccc(Cl)cc32)c(C)c1. The third-order valence-electron chi connectivity index (χ3n) is 3.97. The molecule has 0 spiro atoms. The van der Waals surface area contributed by atoms with E-state index in [0.717, 1.165) is 11.1 Å². The van der Waals surface area contributed by atoms with Gasteiger partial charge in [-0.1, -0.05) is 29.3 Å². The molecule has 1 amide bonds. The van der Waals surface area contributed by atoms with Crippen LogP contribution in [0.4, 0.5) is 5.69 Å². The number of ketones is 1. The van der Waals surface area contributed by atoms with Gasteiger partial charge in [0.05, 0.1) is 5.69 Å². The van der Waals surface area contributed by atoms with E-state index in [4.69, 9.17) is 11.6 Å². The van der Waals surface area contributed by atoms with Crippen molar-refractivity contribution >= 4 is 29.0 Å². The predicted molar refractivity (Wildman–Crippen MR) is 88.0 cm³/mol. The maximum atomic E-state index is 12.9. The Balaban J connectivity index is 2.06. The Morgan fingerprint density at radius 1 is 1.14 bits per heavy atom. The van der Waals surface area contributed by atoms with Crippen molar-refractivity contribution in [3.05, 3.63) is 63.7 Å². The first-order valence-electron chi connectivity index (χ1n) is 7.19. The van der Waals surface area contributed by atoms with Crippen molar-refractivity contribution < 1.29 is 9.59 Å². The van der Waals surface area contributed by atoms with Gasteiger partial charge >= 0.3 is 0 Å². The van der Waals surface area contributed by atoms with Crippen LogP contribution >= 0.6 is 11.6 Å². The molecule has 0 N–H and O–H groups in total. The molecule has 0 bridgehead atoms. The maximum Gasteiger partial charge on any atom is 0.258 e. The highest BCUT2D eigenvalue weighted by molar-refractivity contribution is 6.31. The molecule has 2 aromatic rings. The van der Waals surface area contributed by atoms with Gasteiger partial charge in [-0.25, -0.2) is 0 Å². The fourth-order valence-corrected chi connectivity index (χ4v) is 3.01. The number of amides is 1. The summed E-state index contributed by atoms with van der Waals surface area (Å²) >= 11 is 6.04. The van der Waals surface area contributed by atoms with Crippen molar-refractivity contribution in [3.63, 3.8) is 0 Å². The van der Waals surface area contributed by atoms with E-state index in [2.05, 4.69) is 0 Å². The van der Waals surface area contributed by atoms with Crippen LogP contribution < -0.4 is 4.90 Å². The fourth-order valence-electron chi connectivity index (χ4n) is 2.84. The van der Waals surface area contributed by atoms with Gasteiger partial charge in [0, 0.05) is 29.1 Å². The summed E-state index contributed by atoms with van der Waals surface area (Å²) in [6.45, 7) is 4.31. The minimum Gasteiger partial charge on any atom is -0.307 e. The van der Waals surface area contributed by atoms with Crippen LogP contribution in [0.15, 0.2) is 36.4 Å². The van der Waals surface area contributed by atoms with Gasteiger partial charge in [-0.2, -0.15) is 0 Å². The van der Waals surface area contributed by atoms with Gasteiger partial charge in [0.2, 0.25) is 0 Å². The Labute approximate surface area is 134 Å². The lowest BCUT2D eigenvalue weighted by Gasteiger charge is -2.29. The van der Waals surface area contributed by atoms with E-state index >= 15 is 0 Å². The second-order valence-corrected chi connectivity index (χ2v) is 6.05. The highest BCUT2D eigenvalue weighted by Crippen LogP contribution is 2.31. The number of hydrogen-bond donors (Lipinski definition) is 0. The zero-order valence-electron chi connectivity index (χ0n) is 12.5. The lowest BCUT2D eigenvalue weighted by Crippen LogP contribution is -2.37. The fraction of sp³-hybridized carbons (Fsp3) is 0.222. The van der Waals surface area contributed by atoms with E-state index in [1.807, 2.05) is 32.0 Å². The normalized spacial score (nSPS) is 14.0. The second-order valence-electron chi connectivity index (χ2n) is 5.61. The van der Waals surface area contributed by atoms with Crippen LogP contribution in [0.1, 0.15) is 38.3 Å². The van der Waals surface area contributed by atoms with Gasteiger partial charge in [-0.3, -0.25) is 9.59 Å². The van der Waals surface area contributed by atoms with Crippen LogP contribution in [-0.2, 0) is 0 Å². The number of aryl methyl sites for hydroxylation is 2. The summed E-state index contributed by atoms with van der Waals surface area (Å²) in [5.74, 6) is -0.0372. The van der Waals surface area contributed by atoms with Crippen molar-refractivity contribution in [2.45, 2.75) is 20.3 Å². The van der Waals surface area contributed by atoms with Gasteiger partial charge in [0.1, 0.15) is 0 Å². The van der Waals surface area contributed by atoms with Crippen LogP contribution in [0, 0.1) is 13.8 Å². The largest absolute Gasteiger partial charge is 0.307 e. The molecule has 0 fully saturated rings. The van der Waals surface area contributed by atoms with E-state index in [1.165, 1.54) is 0 Å². The van der Waals surface area contributed by atoms with Crippen LogP contribution in [0.2, 0.25) is 5.02 Å². The summed E-state index contributed by atoms with van der Waals surface area (Å²) in [5.41, 5.74) is 3.88. The summed E-state index contributed by atoms with van der Waals surface area (Å²) in [6.07, 6.45) is 0.339. The van der Waals surface area contributed by atoms with Crippen molar-refractivity contribution in [2.24, 2.45) is 0 Å². The molecular formula is C18H16ClNO2. The molecule has 0 saturated carbocycles. The molecule has 0 radical (unpaired) electrons. The number of carbonyl (C=O) groups is 2. The number of halogens is 1. The molecule has 0 unspecified atom stereocenters. The third-order valence-corrected chi connectivity index (χ3v) is 4.21. The van der Waals surface area contributed by atoms with Gasteiger partial charge in [0.25, 0.3) is 5.91 Å². The third kappa shape index (κ3) is 2.53. The number of Topliss-reactive ketones (excluding diaryl/α,β-unsaturated/α-hetero) is 1. The highest BCUT2D eigenvalue weighted by Gasteiger charge is 2.28. The van der Waals surface area contributed by atoms with Crippen molar-refractivity contribution in [1.29, 1.82) is 0 Å². The summed E-state index contributed by atoms with van der Waals surface area (Å²) in [7, 11) is 0. The molecule has 112 valence electrons. The maximum absolute atomic E-state index is 12.9. The summed E-state index contributed by atoms with van der Waals surface area (Å²) in [5, 5.41) is 0.520. The number of carbonyl (C=O) groups excluding carboxylic acids is 2. The quantitative estimate of drug-likeness (QED) is 0.791. The van der Waals surface area contributed by atoms with Crippen molar-refractivity contribution in [2.75, 3.05) is 11.4 Å². The van der Waals surface area contributed by atoms with E-state index in [-0.39, 0.29) is 11.7 Å². The second kappa shape index (κ2) is 5.58. The zero-order chi connectivity index (χ0) is 15.9. The molecule has 0 saturated heterocycles. The minimum absolute atomic E-state index is 0.0522. The summed E-state index contributed by atoms with van der Waals surface area (Å²) in [6, 6.07) is 10.8. The van der Waals surface area contributed by atoms with Gasteiger partial charge in [0.15, 0.2) is 5.78 Å². The molecule has 0 aliphatic carbocycles. The van der Waals surface area contributed by atoms with E-state index < -0.39 is 0 Å². The van der Waals surface area contributed by atoms with E-state index in [0.29, 0.717) is 34.8 Å². The first kappa shape index (κ1) is 14.8. The Hall–Kier alpha value is -2.13. The van der Waals surface area contributed by atoms with Gasteiger partial charge < -0.3 is 4.90 Å². The molecule has 0 atom stereocenters. The molecule has 1 heterocycles. The van der Waals surface area contributed by atoms with Crippen molar-refractivity contribution in [1.82, 2.24) is 0 Å². The van der Waals surface area contributed by atoms with Crippen LogP contribution in [-0.4, -0.2) is 18.2 Å². The summed E-state index contributed by atoms with van der Waals surface area (Å²) < 4.78 is 0. The van der Waals surface area contributed by atoms with E-state index in [9.17, 15) is 9.59 Å². The van der Waals surface area contributed by atoms with Crippen LogP contribution in [0.3, 0.4) is 0 Å². The van der Waals surface area contributed by atoms with Gasteiger partial charge in [-0.05, 0) is 43.7 Å². The minimum atomic E-state index is -0.0893. The Bertz CT molecular complexity index is 783. The Morgan fingerprint density at radius 3 is 2.64 bits per heavy atom. The van der Waals surface area contributed by atoms with Gasteiger partial charge in [-0.15, -0.1) is 0 Å². The molecule has 22 heavy (non-hydrogen) atoms. The highest BCUT2D eigenvalue weighted by atomic mass is 35.5. The Morgan fingerprint density at radius 2 is 1.91 bits per heavy atom. The molecule has 4 heteroatoms. The molecular weight excluding hydrogens is 298 g/mol. The number of hydrogen-bond acceptors (Lipinski definition) is 2. The van der Waals surface area contributed by atoms with Crippen LogP contribution in [0.25, 0.3) is 0 Å². The first-order valence-corrected chi connectivity index (χ1v) is 7.57. The number of benzene rings is 2. The molecule has 2 aromatic carbocycles. The lowest BCUT2D eigenvalue weighted by atomic mass is 9.98. The first-order chi connectivity index (χ1) is 10.5. The average Bonchev–Trinajstić information content (AvgIpc) is 2.47. The predicted octanol–water partition coefficient (Wildman–Crippen LogP) is 4.19. The molecule has 1 aliphatic rings. The summed E-state index contributed by atoms with van der Waals surface area (Å²) in [4.78, 5) is 26.6. The zero-order valence-corrected chi connectivity index (χ0v) is 13.3. The lowest BCUT2D eigenvalue weighted by molar-refractivity contribution is 0.0955. The number of fused-ring (bicyclic) bond motifs is 1. The monoisotopic (exact) mass is 313 g/mol. The van der Waals surface area contributed by atoms with Crippen LogP contribution in [0.5, 0.6) is 0 Å². The molecule has 3 nitrogen and oxygen atoms in total. The number of rotatable bonds is 1. The van der Waals surface area contributed by atoms with E-state index in [1.54, 1.807) is 23.1 Å². The molecule has 3 rings (SSSR count). The number of anilines is 1. The molecule has 1 aliphatic heterocycles.